The monoisotopic (exact) mass is 316 g/mol. The van der Waals surface area contributed by atoms with E-state index >= 15 is 0 Å². The molecule has 0 aromatic heterocycles. The molecule has 1 aliphatic rings. The van der Waals surface area contributed by atoms with Crippen LogP contribution >= 0.6 is 23.4 Å². The number of alkyl halides is 1. The number of phenolic OH excluding ortho intramolecular Hbond substituents is 2. The third kappa shape index (κ3) is 3.01. The SMILES string of the molecule is CS[C@]1(Cl)NC(C)(C)C[C@@](C)(c2ccc(O)cc2O)N1. The van der Waals surface area contributed by atoms with Crippen LogP contribution in [-0.4, -0.2) is 26.5 Å². The summed E-state index contributed by atoms with van der Waals surface area (Å²) in [5.41, 5.74) is 0.0239. The van der Waals surface area contributed by atoms with Gasteiger partial charge in [0, 0.05) is 22.7 Å². The molecule has 1 aromatic rings. The maximum atomic E-state index is 10.2. The Bertz CT molecular complexity index is 526. The lowest BCUT2D eigenvalue weighted by atomic mass is 9.78. The molecule has 0 aliphatic carbocycles. The van der Waals surface area contributed by atoms with Crippen LogP contribution in [0.4, 0.5) is 0 Å². The summed E-state index contributed by atoms with van der Waals surface area (Å²) >= 11 is 8.04. The number of hydrogen-bond acceptors (Lipinski definition) is 5. The van der Waals surface area contributed by atoms with Crippen LogP contribution in [0.3, 0.4) is 0 Å². The molecule has 1 aromatic carbocycles. The summed E-state index contributed by atoms with van der Waals surface area (Å²) in [6.07, 6.45) is 2.67. The van der Waals surface area contributed by atoms with Gasteiger partial charge in [0.05, 0.1) is 0 Å². The molecule has 1 saturated heterocycles. The van der Waals surface area contributed by atoms with E-state index in [0.717, 1.165) is 12.0 Å². The molecule has 4 nitrogen and oxygen atoms in total. The average molecular weight is 317 g/mol. The van der Waals surface area contributed by atoms with Gasteiger partial charge >= 0.3 is 0 Å². The molecule has 20 heavy (non-hydrogen) atoms. The topological polar surface area (TPSA) is 64.5 Å². The van der Waals surface area contributed by atoms with E-state index in [9.17, 15) is 10.2 Å². The van der Waals surface area contributed by atoms with Crippen molar-refractivity contribution in [2.45, 2.75) is 42.7 Å². The second-order valence-electron chi connectivity index (χ2n) is 6.14. The van der Waals surface area contributed by atoms with Crippen LogP contribution in [0.15, 0.2) is 18.2 Å². The Balaban J connectivity index is 2.46. The molecule has 0 radical (unpaired) electrons. The molecule has 0 spiro atoms. The van der Waals surface area contributed by atoms with Gasteiger partial charge in [-0.25, -0.2) is 0 Å². The largest absolute Gasteiger partial charge is 0.508 e. The van der Waals surface area contributed by atoms with E-state index in [2.05, 4.69) is 24.5 Å². The Labute approximate surface area is 128 Å². The Hall–Kier alpha value is -0.620. The van der Waals surface area contributed by atoms with Gasteiger partial charge in [-0.3, -0.25) is 10.6 Å². The lowest BCUT2D eigenvalue weighted by Gasteiger charge is -2.52. The number of nitrogens with one attached hydrogen (secondary N) is 2. The third-order valence-corrected chi connectivity index (χ3v) is 5.01. The van der Waals surface area contributed by atoms with Crippen molar-refractivity contribution in [1.82, 2.24) is 10.6 Å². The van der Waals surface area contributed by atoms with Crippen LogP contribution in [0, 0.1) is 0 Å². The van der Waals surface area contributed by atoms with Crippen molar-refractivity contribution in [2.75, 3.05) is 6.26 Å². The van der Waals surface area contributed by atoms with Crippen molar-refractivity contribution in [3.05, 3.63) is 23.8 Å². The first kappa shape index (κ1) is 15.8. The van der Waals surface area contributed by atoms with E-state index in [0.29, 0.717) is 0 Å². The van der Waals surface area contributed by atoms with E-state index in [1.165, 1.54) is 17.8 Å². The Morgan fingerprint density at radius 1 is 1.20 bits per heavy atom. The molecule has 2 rings (SSSR count). The predicted molar refractivity (Wildman–Crippen MR) is 84.2 cm³/mol. The molecule has 1 fully saturated rings. The van der Waals surface area contributed by atoms with Gasteiger partial charge in [0.1, 0.15) is 11.5 Å². The lowest BCUT2D eigenvalue weighted by Crippen LogP contribution is -2.70. The third-order valence-electron chi connectivity index (χ3n) is 3.59. The summed E-state index contributed by atoms with van der Waals surface area (Å²) in [7, 11) is 0. The van der Waals surface area contributed by atoms with Gasteiger partial charge < -0.3 is 10.2 Å². The van der Waals surface area contributed by atoms with Crippen LogP contribution in [0.25, 0.3) is 0 Å². The first-order chi connectivity index (χ1) is 9.09. The van der Waals surface area contributed by atoms with Gasteiger partial charge in [0.25, 0.3) is 0 Å². The summed E-state index contributed by atoms with van der Waals surface area (Å²) in [5, 5.41) is 26.3. The Morgan fingerprint density at radius 2 is 1.85 bits per heavy atom. The normalized spacial score (nSPS) is 33.0. The van der Waals surface area contributed by atoms with Gasteiger partial charge in [-0.05, 0) is 45.6 Å². The highest BCUT2D eigenvalue weighted by Gasteiger charge is 2.48. The summed E-state index contributed by atoms with van der Waals surface area (Å²) in [6.45, 7) is 6.17. The molecule has 6 heteroatoms. The molecule has 2 atom stereocenters. The zero-order chi connectivity index (χ0) is 15.2. The Kier molecular flexibility index (Phi) is 3.93. The minimum absolute atomic E-state index is 0.0463. The maximum Gasteiger partial charge on any atom is 0.196 e. The van der Waals surface area contributed by atoms with E-state index in [1.54, 1.807) is 12.1 Å². The predicted octanol–water partition coefficient (Wildman–Crippen LogP) is 2.89. The zero-order valence-electron chi connectivity index (χ0n) is 12.1. The molecule has 0 amide bonds. The molecular formula is C14H21ClN2O2S. The Morgan fingerprint density at radius 3 is 2.40 bits per heavy atom. The van der Waals surface area contributed by atoms with E-state index in [-0.39, 0.29) is 17.0 Å². The van der Waals surface area contributed by atoms with Gasteiger partial charge in [0.15, 0.2) is 4.45 Å². The van der Waals surface area contributed by atoms with Crippen LogP contribution in [0.5, 0.6) is 11.5 Å². The second kappa shape index (κ2) is 4.98. The highest BCUT2D eigenvalue weighted by Crippen LogP contribution is 2.44. The standard InChI is InChI=1S/C14H21ClN2O2S/c1-12(2)8-13(3,17-14(15,16-12)20-4)10-6-5-9(18)7-11(10)19/h5-7,16-19H,8H2,1-4H3/t13-,14+/m0/s1. The van der Waals surface area contributed by atoms with Crippen molar-refractivity contribution >= 4 is 23.4 Å². The molecule has 0 bridgehead atoms. The van der Waals surface area contributed by atoms with Crippen molar-refractivity contribution in [1.29, 1.82) is 0 Å². The molecule has 0 unspecified atom stereocenters. The van der Waals surface area contributed by atoms with Crippen LogP contribution in [0.1, 0.15) is 32.8 Å². The molecule has 112 valence electrons. The quantitative estimate of drug-likeness (QED) is 0.499. The van der Waals surface area contributed by atoms with Gasteiger partial charge in [-0.15, -0.1) is 11.8 Å². The number of aromatic hydroxyl groups is 2. The van der Waals surface area contributed by atoms with Gasteiger partial charge in [-0.1, -0.05) is 11.6 Å². The molecule has 1 heterocycles. The summed E-state index contributed by atoms with van der Waals surface area (Å²) in [5.74, 6) is 0.114. The summed E-state index contributed by atoms with van der Waals surface area (Å²) in [4.78, 5) is 0. The molecule has 4 N–H and O–H groups in total. The first-order valence-corrected chi connectivity index (χ1v) is 8.05. The summed E-state index contributed by atoms with van der Waals surface area (Å²) in [6, 6.07) is 4.66. The molecule has 0 saturated carbocycles. The van der Waals surface area contributed by atoms with E-state index in [4.69, 9.17) is 11.6 Å². The number of rotatable bonds is 2. The maximum absolute atomic E-state index is 10.2. The smallest absolute Gasteiger partial charge is 0.196 e. The van der Waals surface area contributed by atoms with Gasteiger partial charge in [0.2, 0.25) is 0 Å². The van der Waals surface area contributed by atoms with E-state index < -0.39 is 9.99 Å². The first-order valence-electron chi connectivity index (χ1n) is 6.44. The van der Waals surface area contributed by atoms with Crippen molar-refractivity contribution in [3.8, 4) is 11.5 Å². The van der Waals surface area contributed by atoms with Gasteiger partial charge in [-0.2, -0.15) is 0 Å². The summed E-state index contributed by atoms with van der Waals surface area (Å²) < 4.78 is -0.805. The number of thioether (sulfide) groups is 1. The van der Waals surface area contributed by atoms with Crippen LogP contribution in [0.2, 0.25) is 0 Å². The molecular weight excluding hydrogens is 296 g/mol. The fraction of sp³-hybridized carbons (Fsp3) is 0.571. The number of hydrogen-bond donors (Lipinski definition) is 4. The highest BCUT2D eigenvalue weighted by atomic mass is 35.5. The van der Waals surface area contributed by atoms with Crippen molar-refractivity contribution in [3.63, 3.8) is 0 Å². The highest BCUT2D eigenvalue weighted by molar-refractivity contribution is 8.01. The van der Waals surface area contributed by atoms with E-state index in [1.807, 2.05) is 13.2 Å². The fourth-order valence-electron chi connectivity index (χ4n) is 3.04. The number of phenols is 2. The minimum atomic E-state index is -0.805. The van der Waals surface area contributed by atoms with Crippen molar-refractivity contribution in [2.24, 2.45) is 0 Å². The fourth-order valence-corrected chi connectivity index (χ4v) is 4.21. The van der Waals surface area contributed by atoms with Crippen molar-refractivity contribution < 1.29 is 10.2 Å². The van der Waals surface area contributed by atoms with Crippen LogP contribution < -0.4 is 10.6 Å². The average Bonchev–Trinajstić information content (AvgIpc) is 2.25. The molecule has 1 aliphatic heterocycles. The minimum Gasteiger partial charge on any atom is -0.508 e. The lowest BCUT2D eigenvalue weighted by molar-refractivity contribution is 0.137. The number of halogens is 1. The second-order valence-corrected chi connectivity index (χ2v) is 7.96. The zero-order valence-corrected chi connectivity index (χ0v) is 13.7. The number of benzene rings is 1. The van der Waals surface area contributed by atoms with Crippen LogP contribution in [-0.2, 0) is 5.54 Å².